The van der Waals surface area contributed by atoms with Crippen LogP contribution in [0.25, 0.3) is 0 Å². The number of rotatable bonds is 10. The highest BCUT2D eigenvalue weighted by atomic mass is 32.2. The number of carbonyl (C=O) groups excluding carboxylic acids is 1. The van der Waals surface area contributed by atoms with Crippen LogP contribution in [0.2, 0.25) is 0 Å². The number of unbranched alkanes of at least 4 members (excludes halogenated alkanes) is 1. The van der Waals surface area contributed by atoms with E-state index in [1.165, 1.54) is 0 Å². The van der Waals surface area contributed by atoms with Crippen LogP contribution in [0, 0.1) is 5.92 Å². The zero-order chi connectivity index (χ0) is 21.7. The van der Waals surface area contributed by atoms with Gasteiger partial charge in [0.05, 0.1) is 12.2 Å². The Hall–Kier alpha value is -2.48. The molecule has 0 saturated carbocycles. The zero-order valence-electron chi connectivity index (χ0n) is 18.1. The van der Waals surface area contributed by atoms with E-state index < -0.39 is 11.9 Å². The number of nitrogens with one attached hydrogen (secondary N) is 1. The Balaban J connectivity index is 1.88. The molecule has 0 spiro atoms. The number of carbonyl (C=O) groups is 1. The molecule has 1 aliphatic heterocycles. The molecule has 3 rings (SSSR count). The average Bonchev–Trinajstić information content (AvgIpc) is 3.09. The van der Waals surface area contributed by atoms with Crippen molar-refractivity contribution in [3.05, 3.63) is 41.1 Å². The van der Waals surface area contributed by atoms with Gasteiger partial charge in [0.1, 0.15) is 11.8 Å². The summed E-state index contributed by atoms with van der Waals surface area (Å²) in [4.78, 5) is 16.9. The van der Waals surface area contributed by atoms with Crippen LogP contribution in [0.15, 0.2) is 40.7 Å². The highest BCUT2D eigenvalue weighted by Gasteiger charge is 2.33. The lowest BCUT2D eigenvalue weighted by molar-refractivity contribution is -0.115. The molecule has 1 amide bonds. The van der Waals surface area contributed by atoms with E-state index in [4.69, 9.17) is 10.5 Å². The predicted molar refractivity (Wildman–Crippen MR) is 121 cm³/mol. The molecule has 1 unspecified atom stereocenters. The predicted octanol–water partition coefficient (Wildman–Crippen LogP) is 4.37. The molecular formula is C22H31N5O2S. The summed E-state index contributed by atoms with van der Waals surface area (Å²) in [5.41, 5.74) is 7.85. The van der Waals surface area contributed by atoms with Crippen LogP contribution in [0.5, 0.6) is 5.75 Å². The maximum Gasteiger partial charge on any atom is 0.248 e. The van der Waals surface area contributed by atoms with Crippen molar-refractivity contribution in [2.24, 2.45) is 11.7 Å². The third kappa shape index (κ3) is 5.16. The summed E-state index contributed by atoms with van der Waals surface area (Å²) in [7, 11) is 0. The normalized spacial score (nSPS) is 15.8. The molecule has 0 bridgehead atoms. The van der Waals surface area contributed by atoms with E-state index in [0.717, 1.165) is 36.3 Å². The van der Waals surface area contributed by atoms with E-state index in [2.05, 4.69) is 36.2 Å². The molecule has 7 nitrogen and oxygen atoms in total. The number of anilines is 1. The first-order chi connectivity index (χ1) is 14.4. The summed E-state index contributed by atoms with van der Waals surface area (Å²) in [6.07, 6.45) is 3.23. The number of ether oxygens (including phenoxy) is 1. The molecule has 2 aromatic rings. The first kappa shape index (κ1) is 22.2. The van der Waals surface area contributed by atoms with E-state index in [9.17, 15) is 4.79 Å². The van der Waals surface area contributed by atoms with Crippen LogP contribution < -0.4 is 15.8 Å². The SMILES string of the molecule is CCCCSc1nc2n(n1)C(c1ccc(OCCC(C)C)cc1)C(C(N)=O)=C(C)N2. The summed E-state index contributed by atoms with van der Waals surface area (Å²) >= 11 is 1.62. The Labute approximate surface area is 182 Å². The average molecular weight is 430 g/mol. The van der Waals surface area contributed by atoms with Gasteiger partial charge in [-0.25, -0.2) is 4.68 Å². The molecule has 162 valence electrons. The molecule has 1 aromatic carbocycles. The van der Waals surface area contributed by atoms with Gasteiger partial charge < -0.3 is 15.8 Å². The molecule has 0 radical (unpaired) electrons. The van der Waals surface area contributed by atoms with Gasteiger partial charge in [0.25, 0.3) is 0 Å². The van der Waals surface area contributed by atoms with E-state index in [1.807, 2.05) is 31.2 Å². The highest BCUT2D eigenvalue weighted by Crippen LogP contribution is 2.36. The number of hydrogen-bond donors (Lipinski definition) is 2. The fraction of sp³-hybridized carbons (Fsp3) is 0.500. The van der Waals surface area contributed by atoms with Crippen LogP contribution in [0.4, 0.5) is 5.95 Å². The summed E-state index contributed by atoms with van der Waals surface area (Å²) in [5.74, 6) is 2.52. The minimum absolute atomic E-state index is 0.420. The number of hydrogen-bond acceptors (Lipinski definition) is 6. The molecule has 0 aliphatic carbocycles. The quantitative estimate of drug-likeness (QED) is 0.430. The van der Waals surface area contributed by atoms with Crippen molar-refractivity contribution in [3.8, 4) is 5.75 Å². The van der Waals surface area contributed by atoms with Gasteiger partial charge in [-0.2, -0.15) is 4.98 Å². The number of primary amides is 1. The molecule has 30 heavy (non-hydrogen) atoms. The summed E-state index contributed by atoms with van der Waals surface area (Å²) in [6.45, 7) is 9.04. The lowest BCUT2D eigenvalue weighted by atomic mass is 9.95. The number of aromatic nitrogens is 3. The van der Waals surface area contributed by atoms with Crippen molar-refractivity contribution >= 4 is 23.6 Å². The number of amides is 1. The largest absolute Gasteiger partial charge is 0.494 e. The molecule has 1 atom stereocenters. The number of thioether (sulfide) groups is 1. The van der Waals surface area contributed by atoms with Gasteiger partial charge in [-0.3, -0.25) is 4.79 Å². The van der Waals surface area contributed by atoms with Gasteiger partial charge in [-0.15, -0.1) is 5.10 Å². The van der Waals surface area contributed by atoms with Crippen molar-refractivity contribution in [3.63, 3.8) is 0 Å². The lowest BCUT2D eigenvalue weighted by Gasteiger charge is -2.27. The second kappa shape index (κ2) is 10.0. The Bertz CT molecular complexity index is 905. The minimum Gasteiger partial charge on any atom is -0.494 e. The fourth-order valence-electron chi connectivity index (χ4n) is 3.29. The number of fused-ring (bicyclic) bond motifs is 1. The lowest BCUT2D eigenvalue weighted by Crippen LogP contribution is -2.31. The third-order valence-electron chi connectivity index (χ3n) is 4.99. The topological polar surface area (TPSA) is 95.1 Å². The van der Waals surface area contributed by atoms with Crippen molar-refractivity contribution in [2.45, 2.75) is 58.2 Å². The van der Waals surface area contributed by atoms with Crippen LogP contribution in [0.1, 0.15) is 58.6 Å². The number of nitrogens with zero attached hydrogens (tertiary/aromatic N) is 3. The summed E-state index contributed by atoms with van der Waals surface area (Å²) < 4.78 is 7.59. The van der Waals surface area contributed by atoms with Gasteiger partial charge in [-0.1, -0.05) is 51.1 Å². The van der Waals surface area contributed by atoms with E-state index in [0.29, 0.717) is 34.9 Å². The first-order valence-corrected chi connectivity index (χ1v) is 11.5. The van der Waals surface area contributed by atoms with Crippen molar-refractivity contribution < 1.29 is 9.53 Å². The number of benzene rings is 1. The van der Waals surface area contributed by atoms with Crippen molar-refractivity contribution in [2.75, 3.05) is 17.7 Å². The van der Waals surface area contributed by atoms with E-state index in [1.54, 1.807) is 16.4 Å². The third-order valence-corrected chi connectivity index (χ3v) is 5.91. The highest BCUT2D eigenvalue weighted by molar-refractivity contribution is 7.99. The van der Waals surface area contributed by atoms with Gasteiger partial charge in [-0.05, 0) is 43.4 Å². The van der Waals surface area contributed by atoms with Gasteiger partial charge >= 0.3 is 0 Å². The molecular weight excluding hydrogens is 398 g/mol. The maximum absolute atomic E-state index is 12.3. The minimum atomic E-state index is -0.469. The van der Waals surface area contributed by atoms with E-state index >= 15 is 0 Å². The number of nitrogens with two attached hydrogens (primary N) is 1. The van der Waals surface area contributed by atoms with Gasteiger partial charge in [0.2, 0.25) is 17.0 Å². The molecule has 8 heteroatoms. The number of allylic oxidation sites excluding steroid dienone is 1. The van der Waals surface area contributed by atoms with Crippen LogP contribution in [-0.4, -0.2) is 33.0 Å². The first-order valence-electron chi connectivity index (χ1n) is 10.5. The maximum atomic E-state index is 12.3. The Morgan fingerprint density at radius 2 is 2.07 bits per heavy atom. The fourth-order valence-corrected chi connectivity index (χ4v) is 4.20. The van der Waals surface area contributed by atoms with Crippen molar-refractivity contribution in [1.29, 1.82) is 0 Å². The molecule has 3 N–H and O–H groups in total. The molecule has 0 fully saturated rings. The molecule has 0 saturated heterocycles. The standard InChI is InChI=1S/C22H31N5O2S/c1-5-6-13-30-22-25-21-24-15(4)18(20(23)28)19(27(21)26-22)16-7-9-17(10-8-16)29-12-11-14(2)3/h7-10,14,19H,5-6,11-13H2,1-4H3,(H2,23,28)(H,24,25,26). The molecule has 1 aliphatic rings. The van der Waals surface area contributed by atoms with Gasteiger partial charge in [0, 0.05) is 11.4 Å². The summed E-state index contributed by atoms with van der Waals surface area (Å²) in [6, 6.07) is 7.37. The Morgan fingerprint density at radius 1 is 1.33 bits per heavy atom. The Kier molecular flexibility index (Phi) is 7.42. The molecule has 2 heterocycles. The van der Waals surface area contributed by atoms with Crippen LogP contribution in [-0.2, 0) is 4.79 Å². The molecule has 1 aromatic heterocycles. The van der Waals surface area contributed by atoms with Crippen LogP contribution in [0.3, 0.4) is 0 Å². The van der Waals surface area contributed by atoms with Crippen LogP contribution >= 0.6 is 11.8 Å². The van der Waals surface area contributed by atoms with E-state index in [-0.39, 0.29) is 0 Å². The van der Waals surface area contributed by atoms with Gasteiger partial charge in [0.15, 0.2) is 0 Å². The zero-order valence-corrected chi connectivity index (χ0v) is 19.0. The smallest absolute Gasteiger partial charge is 0.248 e. The Morgan fingerprint density at radius 3 is 2.70 bits per heavy atom. The van der Waals surface area contributed by atoms with Crippen molar-refractivity contribution in [1.82, 2.24) is 14.8 Å². The second-order valence-corrected chi connectivity index (χ2v) is 8.96. The second-order valence-electron chi connectivity index (χ2n) is 7.90. The summed E-state index contributed by atoms with van der Waals surface area (Å²) in [5, 5.41) is 8.55. The monoisotopic (exact) mass is 429 g/mol.